The number of Topliss-reactive ketones (excluding diaryl/α,β-unsaturated/α-hetero) is 1. The van der Waals surface area contributed by atoms with E-state index in [1.807, 2.05) is 32.1 Å². The molecule has 1 aliphatic carbocycles. The van der Waals surface area contributed by atoms with Crippen LogP contribution in [-0.4, -0.2) is 58.2 Å². The van der Waals surface area contributed by atoms with Gasteiger partial charge in [-0.05, 0) is 49.0 Å². The Hall–Kier alpha value is -3.68. The molecule has 2 heterocycles. The van der Waals surface area contributed by atoms with E-state index in [9.17, 15) is 24.3 Å². The van der Waals surface area contributed by atoms with E-state index in [1.165, 1.54) is 6.07 Å². The monoisotopic (exact) mass is 489 g/mol. The summed E-state index contributed by atoms with van der Waals surface area (Å²) in [6.07, 6.45) is 9.12. The topological polar surface area (TPSA) is 116 Å². The van der Waals surface area contributed by atoms with E-state index in [0.29, 0.717) is 61.4 Å². The third-order valence-electron chi connectivity index (χ3n) is 6.99. The lowest BCUT2D eigenvalue weighted by Crippen LogP contribution is -2.42. The Morgan fingerprint density at radius 3 is 2.50 bits per heavy atom. The first-order chi connectivity index (χ1) is 17.0. The highest BCUT2D eigenvalue weighted by atomic mass is 16.4. The van der Waals surface area contributed by atoms with Gasteiger partial charge in [-0.3, -0.25) is 14.4 Å². The number of likely N-dealkylation sites (tertiary alicyclic amines) is 1. The average Bonchev–Trinajstić information content (AvgIpc) is 2.82. The maximum atomic E-state index is 13.1. The Kier molecular flexibility index (Phi) is 7.15. The summed E-state index contributed by atoms with van der Waals surface area (Å²) in [5.41, 5.74) is 1.52. The van der Waals surface area contributed by atoms with Crippen LogP contribution in [0.2, 0.25) is 0 Å². The summed E-state index contributed by atoms with van der Waals surface area (Å²) in [6, 6.07) is 4.68. The second-order valence-electron chi connectivity index (χ2n) is 10.5. The normalized spacial score (nSPS) is 20.0. The van der Waals surface area contributed by atoms with Gasteiger partial charge in [-0.15, -0.1) is 0 Å². The zero-order valence-electron chi connectivity index (χ0n) is 20.9. The van der Waals surface area contributed by atoms with Gasteiger partial charge in [-0.1, -0.05) is 38.1 Å². The third-order valence-corrected chi connectivity index (χ3v) is 6.99. The molecule has 0 bridgehead atoms. The van der Waals surface area contributed by atoms with Crippen LogP contribution in [0.1, 0.15) is 65.8 Å². The Balaban J connectivity index is 1.32. The molecule has 0 radical (unpaired) electrons. The molecular formula is C28H31N3O5. The van der Waals surface area contributed by atoms with Crippen molar-refractivity contribution >= 4 is 35.1 Å². The summed E-state index contributed by atoms with van der Waals surface area (Å²) in [5.74, 6) is -1.38. The van der Waals surface area contributed by atoms with Gasteiger partial charge in [0.2, 0.25) is 5.91 Å². The quantitative estimate of drug-likeness (QED) is 0.580. The number of fused-ring (bicyclic) bond motifs is 1. The predicted octanol–water partition coefficient (Wildman–Crippen LogP) is 4.04. The number of nitrogens with zero attached hydrogens (tertiary/aromatic N) is 3. The fourth-order valence-electron chi connectivity index (χ4n) is 4.99. The van der Waals surface area contributed by atoms with Crippen molar-refractivity contribution in [2.24, 2.45) is 27.2 Å². The van der Waals surface area contributed by atoms with Crippen LogP contribution in [0.25, 0.3) is 0 Å². The van der Waals surface area contributed by atoms with Gasteiger partial charge >= 0.3 is 5.97 Å². The van der Waals surface area contributed by atoms with Gasteiger partial charge in [0.25, 0.3) is 5.91 Å². The number of piperidine rings is 1. The average molecular weight is 490 g/mol. The second kappa shape index (κ2) is 10.1. The van der Waals surface area contributed by atoms with Gasteiger partial charge in [-0.2, -0.15) is 4.99 Å². The van der Waals surface area contributed by atoms with Crippen LogP contribution in [0.3, 0.4) is 0 Å². The Bertz CT molecular complexity index is 1230. The van der Waals surface area contributed by atoms with Gasteiger partial charge in [0.05, 0.1) is 11.3 Å². The number of allylic oxidation sites excluding steroid dienone is 3. The summed E-state index contributed by atoms with van der Waals surface area (Å²) in [7, 11) is 0. The zero-order valence-corrected chi connectivity index (χ0v) is 20.9. The number of hydrogen-bond acceptors (Lipinski definition) is 5. The van der Waals surface area contributed by atoms with Gasteiger partial charge in [0.1, 0.15) is 11.8 Å². The number of carbonyl (C=O) groups excluding carboxylic acids is 3. The predicted molar refractivity (Wildman–Crippen MR) is 136 cm³/mol. The molecule has 1 atom stereocenters. The van der Waals surface area contributed by atoms with Crippen molar-refractivity contribution in [3.05, 3.63) is 59.2 Å². The fourth-order valence-corrected chi connectivity index (χ4v) is 4.99. The minimum atomic E-state index is -1.01. The minimum absolute atomic E-state index is 0.00790. The maximum absolute atomic E-state index is 13.1. The Labute approximate surface area is 210 Å². The standard InChI is InChI=1S/C28H31N3O5/c1-17-14-19(8-9-20(17)27(35)36)25(33)18-10-12-31(13-11-18)24(32)16-28(2,3)15-23-29-22-7-5-4-6-21(22)26(34)30-23/h4-9,14,18,21H,10-13,15-16H2,1-3H3,(H,35,36). The molecule has 36 heavy (non-hydrogen) atoms. The van der Waals surface area contributed by atoms with Crippen LogP contribution in [0.5, 0.6) is 0 Å². The number of amides is 2. The summed E-state index contributed by atoms with van der Waals surface area (Å²) in [4.78, 5) is 60.1. The number of carbonyl (C=O) groups is 4. The Morgan fingerprint density at radius 2 is 1.83 bits per heavy atom. The van der Waals surface area contributed by atoms with Crippen molar-refractivity contribution in [2.75, 3.05) is 13.1 Å². The number of carboxylic acids is 1. The van der Waals surface area contributed by atoms with Gasteiger partial charge in [0, 0.05) is 37.4 Å². The highest BCUT2D eigenvalue weighted by Gasteiger charge is 2.33. The molecule has 3 aliphatic rings. The molecule has 8 nitrogen and oxygen atoms in total. The lowest BCUT2D eigenvalue weighted by atomic mass is 9.83. The number of hydrogen-bond donors (Lipinski definition) is 1. The fraction of sp³-hybridized carbons (Fsp3) is 0.429. The lowest BCUT2D eigenvalue weighted by molar-refractivity contribution is -0.134. The van der Waals surface area contributed by atoms with Crippen molar-refractivity contribution in [3.8, 4) is 0 Å². The van der Waals surface area contributed by atoms with Gasteiger partial charge < -0.3 is 10.0 Å². The largest absolute Gasteiger partial charge is 0.478 e. The molecular weight excluding hydrogens is 458 g/mol. The molecule has 1 unspecified atom stereocenters. The summed E-state index contributed by atoms with van der Waals surface area (Å²) in [6.45, 7) is 6.63. The minimum Gasteiger partial charge on any atom is -0.478 e. The summed E-state index contributed by atoms with van der Waals surface area (Å²) < 4.78 is 0. The number of aryl methyl sites for hydroxylation is 1. The lowest BCUT2D eigenvalue weighted by Gasteiger charge is -2.34. The number of carboxylic acid groups (broad SMARTS) is 1. The molecule has 0 saturated carbocycles. The highest BCUT2D eigenvalue weighted by Crippen LogP contribution is 2.31. The molecule has 1 fully saturated rings. The van der Waals surface area contributed by atoms with Crippen molar-refractivity contribution in [3.63, 3.8) is 0 Å². The van der Waals surface area contributed by atoms with Crippen LogP contribution < -0.4 is 0 Å². The van der Waals surface area contributed by atoms with Gasteiger partial charge in [0.15, 0.2) is 5.78 Å². The SMILES string of the molecule is Cc1cc(C(=O)C2CCN(C(=O)CC(C)(C)CC3=NC(=O)C4C=CC=CC4=N3)CC2)ccc1C(=O)O. The smallest absolute Gasteiger partial charge is 0.335 e. The van der Waals surface area contributed by atoms with E-state index in [1.54, 1.807) is 30.0 Å². The van der Waals surface area contributed by atoms with Crippen molar-refractivity contribution in [2.45, 2.75) is 46.5 Å². The second-order valence-corrected chi connectivity index (χ2v) is 10.5. The first kappa shape index (κ1) is 25.4. The molecule has 1 saturated heterocycles. The van der Waals surface area contributed by atoms with Gasteiger partial charge in [-0.25, -0.2) is 9.79 Å². The Morgan fingerprint density at radius 1 is 1.11 bits per heavy atom. The first-order valence-corrected chi connectivity index (χ1v) is 12.2. The van der Waals surface area contributed by atoms with E-state index in [4.69, 9.17) is 0 Å². The number of benzene rings is 1. The van der Waals surface area contributed by atoms with Crippen molar-refractivity contribution in [1.29, 1.82) is 0 Å². The van der Waals surface area contributed by atoms with E-state index in [2.05, 4.69) is 9.98 Å². The van der Waals surface area contributed by atoms with E-state index >= 15 is 0 Å². The van der Waals surface area contributed by atoms with E-state index in [0.717, 1.165) is 0 Å². The van der Waals surface area contributed by atoms with E-state index in [-0.39, 0.29) is 29.1 Å². The van der Waals surface area contributed by atoms with Crippen LogP contribution in [0.4, 0.5) is 0 Å². The first-order valence-electron chi connectivity index (χ1n) is 12.2. The molecule has 1 aromatic carbocycles. The molecule has 1 aromatic rings. The summed E-state index contributed by atoms with van der Waals surface area (Å²) >= 11 is 0. The number of amidine groups is 1. The van der Waals surface area contributed by atoms with Crippen molar-refractivity contribution in [1.82, 2.24) is 4.90 Å². The van der Waals surface area contributed by atoms with Crippen LogP contribution >= 0.6 is 0 Å². The highest BCUT2D eigenvalue weighted by molar-refractivity contribution is 6.21. The van der Waals surface area contributed by atoms with E-state index < -0.39 is 17.3 Å². The number of aliphatic imine (C=N–C) groups is 2. The molecule has 1 N–H and O–H groups in total. The molecule has 0 aromatic heterocycles. The molecule has 2 amide bonds. The van der Waals surface area contributed by atoms with Crippen LogP contribution in [0.15, 0.2) is 52.5 Å². The maximum Gasteiger partial charge on any atom is 0.335 e. The number of rotatable bonds is 7. The van der Waals surface area contributed by atoms with Crippen LogP contribution in [-0.2, 0) is 9.59 Å². The van der Waals surface area contributed by atoms with Crippen molar-refractivity contribution < 1.29 is 24.3 Å². The molecule has 2 aliphatic heterocycles. The zero-order chi connectivity index (χ0) is 26.0. The third kappa shape index (κ3) is 5.58. The molecule has 188 valence electrons. The number of ketones is 1. The summed E-state index contributed by atoms with van der Waals surface area (Å²) in [5, 5.41) is 9.20. The van der Waals surface area contributed by atoms with Crippen LogP contribution in [0, 0.1) is 24.2 Å². The molecule has 4 rings (SSSR count). The number of aromatic carboxylic acids is 1. The molecule has 0 spiro atoms. The molecule has 8 heteroatoms.